The first kappa shape index (κ1) is 15.7. The summed E-state index contributed by atoms with van der Waals surface area (Å²) in [5.74, 6) is 0.655. The van der Waals surface area contributed by atoms with Crippen molar-refractivity contribution in [3.05, 3.63) is 5.01 Å². The molecule has 0 spiro atoms. The largest absolute Gasteiger partial charge is 0.469 e. The number of aromatic nitrogens is 2. The minimum atomic E-state index is 0.655. The van der Waals surface area contributed by atoms with Crippen molar-refractivity contribution in [3.63, 3.8) is 0 Å². The lowest BCUT2D eigenvalue weighted by Crippen LogP contribution is -2.26. The normalized spacial score (nSPS) is 19.9. The molecule has 0 aromatic carbocycles. The highest BCUT2D eigenvalue weighted by Gasteiger charge is 2.20. The summed E-state index contributed by atoms with van der Waals surface area (Å²) in [4.78, 5) is 2.42. The van der Waals surface area contributed by atoms with Crippen LogP contribution in [0.5, 0.6) is 5.19 Å². The Morgan fingerprint density at radius 1 is 1.45 bits per heavy atom. The SMILES string of the molecule is CC(C)CNCc1nnc(OCCC2CCCN2C)s1. The van der Waals surface area contributed by atoms with Gasteiger partial charge >= 0.3 is 0 Å². The van der Waals surface area contributed by atoms with Crippen molar-refractivity contribution in [2.24, 2.45) is 5.92 Å². The Bertz CT molecular complexity index is 396. The summed E-state index contributed by atoms with van der Waals surface area (Å²) in [6, 6.07) is 0.676. The number of nitrogens with zero attached hydrogens (tertiary/aromatic N) is 3. The highest BCUT2D eigenvalue weighted by atomic mass is 32.1. The van der Waals surface area contributed by atoms with Crippen LogP contribution in [0.4, 0.5) is 0 Å². The third-order valence-corrected chi connectivity index (χ3v) is 4.46. The van der Waals surface area contributed by atoms with Gasteiger partial charge in [0.2, 0.25) is 0 Å². The van der Waals surface area contributed by atoms with E-state index in [1.165, 1.54) is 19.4 Å². The molecule has 0 aliphatic carbocycles. The smallest absolute Gasteiger partial charge is 0.294 e. The predicted molar refractivity (Wildman–Crippen MR) is 82.2 cm³/mol. The topological polar surface area (TPSA) is 50.3 Å². The van der Waals surface area contributed by atoms with Gasteiger partial charge in [-0.1, -0.05) is 25.2 Å². The molecule has 0 radical (unpaired) electrons. The summed E-state index contributed by atoms with van der Waals surface area (Å²) in [7, 11) is 2.20. The molecule has 1 fully saturated rings. The van der Waals surface area contributed by atoms with Gasteiger partial charge < -0.3 is 15.0 Å². The Hall–Kier alpha value is -0.720. The van der Waals surface area contributed by atoms with Gasteiger partial charge in [-0.3, -0.25) is 0 Å². The molecule has 0 bridgehead atoms. The highest BCUT2D eigenvalue weighted by Crippen LogP contribution is 2.20. The van der Waals surface area contributed by atoms with Crippen molar-refractivity contribution in [2.45, 2.75) is 45.7 Å². The van der Waals surface area contributed by atoms with Gasteiger partial charge in [0.15, 0.2) is 0 Å². The number of ether oxygens (including phenoxy) is 1. The summed E-state index contributed by atoms with van der Waals surface area (Å²) in [6.45, 7) is 8.13. The van der Waals surface area contributed by atoms with E-state index in [9.17, 15) is 0 Å². The minimum absolute atomic E-state index is 0.655. The molecule has 0 amide bonds. The van der Waals surface area contributed by atoms with Gasteiger partial charge in [-0.2, -0.15) is 0 Å². The fourth-order valence-corrected chi connectivity index (χ4v) is 3.14. The zero-order valence-electron chi connectivity index (χ0n) is 12.8. The fraction of sp³-hybridized carbons (Fsp3) is 0.857. The molecule has 0 saturated carbocycles. The summed E-state index contributed by atoms with van der Waals surface area (Å²) in [5.41, 5.74) is 0. The molecule has 1 aromatic heterocycles. The van der Waals surface area contributed by atoms with Gasteiger partial charge in [-0.05, 0) is 45.3 Å². The van der Waals surface area contributed by atoms with Crippen molar-refractivity contribution >= 4 is 11.3 Å². The number of hydrogen-bond acceptors (Lipinski definition) is 6. The van der Waals surface area contributed by atoms with Crippen molar-refractivity contribution in [3.8, 4) is 5.19 Å². The van der Waals surface area contributed by atoms with Gasteiger partial charge in [0, 0.05) is 12.6 Å². The van der Waals surface area contributed by atoms with Crippen LogP contribution in [0.1, 0.15) is 38.1 Å². The monoisotopic (exact) mass is 298 g/mol. The Morgan fingerprint density at radius 3 is 3.00 bits per heavy atom. The summed E-state index contributed by atoms with van der Waals surface area (Å²) >= 11 is 1.55. The Morgan fingerprint density at radius 2 is 2.30 bits per heavy atom. The molecule has 1 unspecified atom stereocenters. The standard InChI is InChI=1S/C14H26N4OS/c1-11(2)9-15-10-13-16-17-14(20-13)19-8-6-12-5-4-7-18(12)3/h11-12,15H,4-10H2,1-3H3. The molecular weight excluding hydrogens is 272 g/mol. The van der Waals surface area contributed by atoms with Gasteiger partial charge in [0.25, 0.3) is 5.19 Å². The molecule has 1 aliphatic rings. The lowest BCUT2D eigenvalue weighted by Gasteiger charge is -2.18. The molecule has 20 heavy (non-hydrogen) atoms. The second-order valence-electron chi connectivity index (χ2n) is 5.90. The van der Waals surface area contributed by atoms with Gasteiger partial charge in [0.1, 0.15) is 5.01 Å². The van der Waals surface area contributed by atoms with Crippen LogP contribution in [0, 0.1) is 5.92 Å². The molecule has 6 heteroatoms. The number of rotatable bonds is 8. The highest BCUT2D eigenvalue weighted by molar-refractivity contribution is 7.13. The van der Waals surface area contributed by atoms with Crippen LogP contribution in [0.3, 0.4) is 0 Å². The first-order valence-corrected chi connectivity index (χ1v) is 8.33. The van der Waals surface area contributed by atoms with Gasteiger partial charge in [0.05, 0.1) is 6.61 Å². The van der Waals surface area contributed by atoms with Crippen LogP contribution in [0.25, 0.3) is 0 Å². The fourth-order valence-electron chi connectivity index (χ4n) is 2.46. The van der Waals surface area contributed by atoms with Crippen LogP contribution >= 0.6 is 11.3 Å². The molecule has 1 aliphatic heterocycles. The van der Waals surface area contributed by atoms with Crippen LogP contribution in [-0.2, 0) is 6.54 Å². The molecular formula is C14H26N4OS. The van der Waals surface area contributed by atoms with E-state index in [1.807, 2.05) is 0 Å². The molecule has 114 valence electrons. The van der Waals surface area contributed by atoms with Crippen molar-refractivity contribution in [1.82, 2.24) is 20.4 Å². The van der Waals surface area contributed by atoms with Crippen molar-refractivity contribution in [2.75, 3.05) is 26.7 Å². The van der Waals surface area contributed by atoms with E-state index in [4.69, 9.17) is 4.74 Å². The molecule has 2 rings (SSSR count). The van der Waals surface area contributed by atoms with Crippen LogP contribution in [0.15, 0.2) is 0 Å². The van der Waals surface area contributed by atoms with E-state index >= 15 is 0 Å². The molecule has 2 heterocycles. The van der Waals surface area contributed by atoms with E-state index in [1.54, 1.807) is 11.3 Å². The maximum atomic E-state index is 5.71. The number of nitrogens with one attached hydrogen (secondary N) is 1. The Labute approximate surface area is 125 Å². The molecule has 1 saturated heterocycles. The minimum Gasteiger partial charge on any atom is -0.469 e. The predicted octanol–water partition coefficient (Wildman–Crippen LogP) is 2.15. The summed E-state index contributed by atoms with van der Waals surface area (Å²) in [6.07, 6.45) is 3.68. The first-order valence-electron chi connectivity index (χ1n) is 7.51. The average Bonchev–Trinajstić information content (AvgIpc) is 2.99. The van der Waals surface area contributed by atoms with E-state index in [-0.39, 0.29) is 0 Å². The first-order chi connectivity index (χ1) is 9.65. The molecule has 1 atom stereocenters. The molecule has 1 aromatic rings. The Balaban J connectivity index is 1.65. The number of hydrogen-bond donors (Lipinski definition) is 1. The van der Waals surface area contributed by atoms with E-state index in [2.05, 4.69) is 41.3 Å². The van der Waals surface area contributed by atoms with Crippen LogP contribution < -0.4 is 10.1 Å². The zero-order chi connectivity index (χ0) is 14.4. The maximum absolute atomic E-state index is 5.71. The van der Waals surface area contributed by atoms with Crippen molar-refractivity contribution < 1.29 is 4.74 Å². The van der Waals surface area contributed by atoms with E-state index in [0.717, 1.165) is 31.1 Å². The maximum Gasteiger partial charge on any atom is 0.294 e. The third-order valence-electron chi connectivity index (χ3n) is 3.63. The van der Waals surface area contributed by atoms with E-state index in [0.29, 0.717) is 17.2 Å². The van der Waals surface area contributed by atoms with Crippen LogP contribution in [0.2, 0.25) is 0 Å². The van der Waals surface area contributed by atoms with Crippen molar-refractivity contribution in [1.29, 1.82) is 0 Å². The van der Waals surface area contributed by atoms with E-state index < -0.39 is 0 Å². The third kappa shape index (κ3) is 5.00. The zero-order valence-corrected chi connectivity index (χ0v) is 13.6. The quantitative estimate of drug-likeness (QED) is 0.797. The summed E-state index contributed by atoms with van der Waals surface area (Å²) < 4.78 is 5.71. The number of likely N-dealkylation sites (tertiary alicyclic amines) is 1. The van der Waals surface area contributed by atoms with Gasteiger partial charge in [-0.15, -0.1) is 10.2 Å². The second kappa shape index (κ2) is 7.90. The average molecular weight is 298 g/mol. The second-order valence-corrected chi connectivity index (χ2v) is 6.92. The molecule has 1 N–H and O–H groups in total. The Kier molecular flexibility index (Phi) is 6.19. The summed E-state index contributed by atoms with van der Waals surface area (Å²) in [5, 5.41) is 13.3. The molecule has 5 nitrogen and oxygen atoms in total. The lowest BCUT2D eigenvalue weighted by molar-refractivity contribution is 0.232. The van der Waals surface area contributed by atoms with Gasteiger partial charge in [-0.25, -0.2) is 0 Å². The lowest BCUT2D eigenvalue weighted by atomic mass is 10.2. The van der Waals surface area contributed by atoms with Crippen LogP contribution in [-0.4, -0.2) is 47.9 Å².